The van der Waals surface area contributed by atoms with Crippen LogP contribution < -0.4 is 10.1 Å². The summed E-state index contributed by atoms with van der Waals surface area (Å²) in [5, 5.41) is 3.69. The Labute approximate surface area is 219 Å². The molecule has 3 aromatic rings. The predicted octanol–water partition coefficient (Wildman–Crippen LogP) is 5.50. The summed E-state index contributed by atoms with van der Waals surface area (Å²) in [4.78, 5) is 23.2. The summed E-state index contributed by atoms with van der Waals surface area (Å²) in [6, 6.07) is 7.72. The first-order valence-corrected chi connectivity index (χ1v) is 12.4. The number of benzene rings is 2. The normalized spacial score (nSPS) is 14.8. The van der Waals surface area contributed by atoms with Gasteiger partial charge in [0, 0.05) is 48.9 Å². The molecule has 0 radical (unpaired) electrons. The minimum Gasteiger partial charge on any atom is -0.493 e. The minimum atomic E-state index is -0.798. The number of fused-ring (bicyclic) bond motifs is 1. The van der Waals surface area contributed by atoms with Gasteiger partial charge in [-0.3, -0.25) is 4.79 Å². The molecule has 0 amide bonds. The highest BCUT2D eigenvalue weighted by Crippen LogP contribution is 2.32. The van der Waals surface area contributed by atoms with Gasteiger partial charge in [-0.05, 0) is 63.2 Å². The van der Waals surface area contributed by atoms with Crippen LogP contribution in [-0.4, -0.2) is 61.1 Å². The molecular weight excluding hydrogens is 502 g/mol. The second kappa shape index (κ2) is 12.4. The predicted molar refractivity (Wildman–Crippen MR) is 140 cm³/mol. The van der Waals surface area contributed by atoms with E-state index in [1.54, 1.807) is 31.1 Å². The lowest BCUT2D eigenvalue weighted by Crippen LogP contribution is -2.22. The number of carbonyl (C=O) groups excluding carboxylic acids is 1. The minimum absolute atomic E-state index is 0.0292. The average Bonchev–Trinajstić information content (AvgIpc) is 2.89. The Hall–Kier alpha value is -3.14. The third kappa shape index (κ3) is 7.21. The highest BCUT2D eigenvalue weighted by atomic mass is 35.5. The Bertz CT molecular complexity index is 1300. The number of ketones is 1. The van der Waals surface area contributed by atoms with Gasteiger partial charge in [-0.25, -0.2) is 18.7 Å². The summed E-state index contributed by atoms with van der Waals surface area (Å²) in [5.74, 6) is -0.739. The highest BCUT2D eigenvalue weighted by Gasteiger charge is 2.19. The lowest BCUT2D eigenvalue weighted by atomic mass is 10.0. The number of anilines is 2. The monoisotopic (exact) mass is 530 g/mol. The van der Waals surface area contributed by atoms with E-state index in [9.17, 15) is 13.6 Å². The Morgan fingerprint density at radius 1 is 1.24 bits per heavy atom. The highest BCUT2D eigenvalue weighted by molar-refractivity contribution is 6.31. The van der Waals surface area contributed by atoms with Gasteiger partial charge in [-0.1, -0.05) is 11.6 Å². The molecule has 10 heteroatoms. The van der Waals surface area contributed by atoms with Crippen LogP contribution in [0.25, 0.3) is 10.9 Å². The third-order valence-corrected chi connectivity index (χ3v) is 6.36. The van der Waals surface area contributed by atoms with Crippen molar-refractivity contribution in [2.75, 3.05) is 45.8 Å². The maximum atomic E-state index is 14.6. The number of ether oxygens (including phenoxy) is 2. The van der Waals surface area contributed by atoms with Gasteiger partial charge in [-0.2, -0.15) is 0 Å². The van der Waals surface area contributed by atoms with Gasteiger partial charge in [0.05, 0.1) is 17.1 Å². The van der Waals surface area contributed by atoms with Crippen molar-refractivity contribution in [1.29, 1.82) is 0 Å². The molecule has 0 saturated carbocycles. The van der Waals surface area contributed by atoms with E-state index in [0.29, 0.717) is 66.0 Å². The number of nitrogens with one attached hydrogen (secondary N) is 1. The number of hydrogen-bond acceptors (Lipinski definition) is 7. The molecule has 1 saturated heterocycles. The molecule has 1 aromatic heterocycles. The standard InChI is InChI=1S/C27H29ClF2N4O3/c1-34(2)8-5-23(30)25(35)12-18-11-20-24(14-26(18)37-15-17-6-9-36-10-7-17)31-16-32-27(20)33-19-3-4-22(29)21(28)13-19/h3-5,11,13-14,16-17H,6-10,12,15H2,1-2H3,(H,31,32,33). The van der Waals surface area contributed by atoms with E-state index in [-0.39, 0.29) is 11.4 Å². The lowest BCUT2D eigenvalue weighted by Gasteiger charge is -2.23. The Balaban J connectivity index is 1.67. The van der Waals surface area contributed by atoms with Crippen LogP contribution in [0.2, 0.25) is 5.02 Å². The van der Waals surface area contributed by atoms with E-state index in [2.05, 4.69) is 15.3 Å². The number of hydrogen-bond donors (Lipinski definition) is 1. The lowest BCUT2D eigenvalue weighted by molar-refractivity contribution is -0.116. The second-order valence-corrected chi connectivity index (χ2v) is 9.64. The summed E-state index contributed by atoms with van der Waals surface area (Å²) >= 11 is 5.92. The van der Waals surface area contributed by atoms with Gasteiger partial charge in [0.2, 0.25) is 0 Å². The average molecular weight is 531 g/mol. The molecule has 2 aromatic carbocycles. The largest absolute Gasteiger partial charge is 0.493 e. The molecule has 2 heterocycles. The number of halogens is 3. The molecule has 0 bridgehead atoms. The number of allylic oxidation sites excluding steroid dienone is 1. The molecule has 1 aliphatic rings. The van der Waals surface area contributed by atoms with Crippen LogP contribution in [0.1, 0.15) is 18.4 Å². The van der Waals surface area contributed by atoms with Gasteiger partial charge in [0.15, 0.2) is 11.6 Å². The maximum absolute atomic E-state index is 14.6. The molecule has 7 nitrogen and oxygen atoms in total. The molecule has 1 fully saturated rings. The summed E-state index contributed by atoms with van der Waals surface area (Å²) < 4.78 is 39.7. The van der Waals surface area contributed by atoms with Crippen molar-refractivity contribution in [2.24, 2.45) is 5.92 Å². The van der Waals surface area contributed by atoms with Crippen molar-refractivity contribution >= 4 is 39.8 Å². The number of aromatic nitrogens is 2. The van der Waals surface area contributed by atoms with E-state index in [1.807, 2.05) is 0 Å². The Morgan fingerprint density at radius 2 is 2.03 bits per heavy atom. The van der Waals surface area contributed by atoms with E-state index in [4.69, 9.17) is 21.1 Å². The van der Waals surface area contributed by atoms with Gasteiger partial charge in [0.1, 0.15) is 23.7 Å². The fraction of sp³-hybridized carbons (Fsp3) is 0.370. The molecule has 0 spiro atoms. The first-order valence-electron chi connectivity index (χ1n) is 12.0. The summed E-state index contributed by atoms with van der Waals surface area (Å²) in [5.41, 5.74) is 1.63. The Morgan fingerprint density at radius 3 is 2.76 bits per heavy atom. The van der Waals surface area contributed by atoms with E-state index < -0.39 is 17.4 Å². The first-order chi connectivity index (χ1) is 17.8. The van der Waals surface area contributed by atoms with Crippen molar-refractivity contribution < 1.29 is 23.0 Å². The molecular formula is C27H29ClF2N4O3. The fourth-order valence-corrected chi connectivity index (χ4v) is 4.15. The van der Waals surface area contributed by atoms with E-state index in [1.165, 1.54) is 30.6 Å². The zero-order valence-corrected chi connectivity index (χ0v) is 21.5. The number of nitrogens with zero attached hydrogens (tertiary/aromatic N) is 3. The van der Waals surface area contributed by atoms with Crippen LogP contribution >= 0.6 is 11.6 Å². The molecule has 0 aliphatic carbocycles. The van der Waals surface area contributed by atoms with Crippen molar-refractivity contribution in [3.63, 3.8) is 0 Å². The van der Waals surface area contributed by atoms with Gasteiger partial charge < -0.3 is 19.7 Å². The van der Waals surface area contributed by atoms with Crippen molar-refractivity contribution in [1.82, 2.24) is 14.9 Å². The molecule has 1 aliphatic heterocycles. The Kier molecular flexibility index (Phi) is 9.02. The first kappa shape index (κ1) is 26.9. The number of rotatable bonds is 10. The van der Waals surface area contributed by atoms with E-state index in [0.717, 1.165) is 12.8 Å². The van der Waals surface area contributed by atoms with Crippen LogP contribution in [0.4, 0.5) is 20.3 Å². The van der Waals surface area contributed by atoms with Crippen LogP contribution in [0.15, 0.2) is 48.6 Å². The molecule has 196 valence electrons. The summed E-state index contributed by atoms with van der Waals surface area (Å²) in [6.45, 7) is 2.15. The number of likely N-dealkylation sites (N-methyl/N-ethyl adjacent to an activating group) is 1. The topological polar surface area (TPSA) is 76.6 Å². The van der Waals surface area contributed by atoms with Crippen LogP contribution in [0.3, 0.4) is 0 Å². The van der Waals surface area contributed by atoms with Crippen molar-refractivity contribution in [3.05, 3.63) is 65.0 Å². The molecule has 37 heavy (non-hydrogen) atoms. The van der Waals surface area contributed by atoms with Gasteiger partial charge in [-0.15, -0.1) is 0 Å². The van der Waals surface area contributed by atoms with Crippen LogP contribution in [0, 0.1) is 11.7 Å². The smallest absolute Gasteiger partial charge is 0.195 e. The molecule has 0 unspecified atom stereocenters. The van der Waals surface area contributed by atoms with Crippen LogP contribution in [-0.2, 0) is 16.0 Å². The second-order valence-electron chi connectivity index (χ2n) is 9.23. The molecule has 1 N–H and O–H groups in total. The summed E-state index contributed by atoms with van der Waals surface area (Å²) in [6.07, 6.45) is 4.25. The third-order valence-electron chi connectivity index (χ3n) is 6.07. The molecule has 4 rings (SSSR count). The van der Waals surface area contributed by atoms with Gasteiger partial charge >= 0.3 is 0 Å². The van der Waals surface area contributed by atoms with E-state index >= 15 is 0 Å². The quantitative estimate of drug-likeness (QED) is 0.347. The van der Waals surface area contributed by atoms with Crippen molar-refractivity contribution in [2.45, 2.75) is 19.3 Å². The SMILES string of the molecule is CN(C)CC=C(F)C(=O)Cc1cc2c(Nc3ccc(F)c(Cl)c3)ncnc2cc1OCC1CCOCC1. The number of Topliss-reactive ketones (excluding diaryl/α,β-unsaturated/α-hetero) is 1. The number of carbonyl (C=O) groups is 1. The zero-order chi connectivity index (χ0) is 26.4. The van der Waals surface area contributed by atoms with Crippen molar-refractivity contribution in [3.8, 4) is 5.75 Å². The zero-order valence-electron chi connectivity index (χ0n) is 20.8. The van der Waals surface area contributed by atoms with Crippen LogP contribution in [0.5, 0.6) is 5.75 Å². The maximum Gasteiger partial charge on any atom is 0.195 e. The fourth-order valence-electron chi connectivity index (χ4n) is 3.97. The summed E-state index contributed by atoms with van der Waals surface area (Å²) in [7, 11) is 3.59. The van der Waals surface area contributed by atoms with Gasteiger partial charge in [0.25, 0.3) is 0 Å². The molecule has 0 atom stereocenters.